The van der Waals surface area contributed by atoms with E-state index in [2.05, 4.69) is 22.2 Å². The smallest absolute Gasteiger partial charge is 0.226 e. The second-order valence-corrected chi connectivity index (χ2v) is 3.91. The molecule has 90 valence electrons. The Balaban J connectivity index is 2.49. The maximum absolute atomic E-state index is 5.64. The molecule has 0 radical (unpaired) electrons. The highest BCUT2D eigenvalue weighted by molar-refractivity contribution is 6.17. The van der Waals surface area contributed by atoms with E-state index in [-0.39, 0.29) is 0 Å². The minimum absolute atomic E-state index is 0.315. The fraction of sp³-hybridized carbons (Fsp3) is 0.636. The first-order valence-corrected chi connectivity index (χ1v) is 6.08. The fourth-order valence-electron chi connectivity index (χ4n) is 1.32. The van der Waals surface area contributed by atoms with Gasteiger partial charge in [0.15, 0.2) is 0 Å². The standard InChI is InChI=1S/C11H18ClN3O/c1-3-16-10-6-8-13-11(15-10)14-9(2)5-4-7-12/h6,8-9H,3-5,7H2,1-2H3,(H,13,14,15). The van der Waals surface area contributed by atoms with Gasteiger partial charge in [0.1, 0.15) is 0 Å². The average molecular weight is 244 g/mol. The molecular weight excluding hydrogens is 226 g/mol. The molecule has 0 bridgehead atoms. The van der Waals surface area contributed by atoms with Crippen LogP contribution >= 0.6 is 11.6 Å². The molecule has 1 N–H and O–H groups in total. The monoisotopic (exact) mass is 243 g/mol. The van der Waals surface area contributed by atoms with Gasteiger partial charge in [0.05, 0.1) is 6.61 Å². The molecule has 1 atom stereocenters. The van der Waals surface area contributed by atoms with E-state index < -0.39 is 0 Å². The summed E-state index contributed by atoms with van der Waals surface area (Å²) in [6, 6.07) is 2.06. The zero-order chi connectivity index (χ0) is 11.8. The number of rotatable bonds is 7. The molecule has 1 unspecified atom stereocenters. The highest BCUT2D eigenvalue weighted by atomic mass is 35.5. The van der Waals surface area contributed by atoms with Gasteiger partial charge < -0.3 is 10.1 Å². The van der Waals surface area contributed by atoms with Gasteiger partial charge in [-0.1, -0.05) is 0 Å². The van der Waals surface area contributed by atoms with Crippen LogP contribution in [0.2, 0.25) is 0 Å². The summed E-state index contributed by atoms with van der Waals surface area (Å²) in [5, 5.41) is 3.21. The lowest BCUT2D eigenvalue weighted by Crippen LogP contribution is -2.17. The number of nitrogens with zero attached hydrogens (tertiary/aromatic N) is 2. The molecule has 1 heterocycles. The molecule has 0 aliphatic rings. The predicted molar refractivity (Wildman–Crippen MR) is 66.2 cm³/mol. The normalized spacial score (nSPS) is 12.2. The molecule has 0 aliphatic carbocycles. The average Bonchev–Trinajstić information content (AvgIpc) is 2.27. The summed E-state index contributed by atoms with van der Waals surface area (Å²) in [6.07, 6.45) is 3.68. The number of anilines is 1. The first-order chi connectivity index (χ1) is 7.76. The van der Waals surface area contributed by atoms with Crippen LogP contribution < -0.4 is 10.1 Å². The van der Waals surface area contributed by atoms with Crippen LogP contribution in [-0.2, 0) is 0 Å². The molecule has 1 rings (SSSR count). The minimum Gasteiger partial charge on any atom is -0.478 e. The zero-order valence-corrected chi connectivity index (χ0v) is 10.5. The van der Waals surface area contributed by atoms with E-state index in [0.29, 0.717) is 30.4 Å². The molecule has 0 aliphatic heterocycles. The highest BCUT2D eigenvalue weighted by Crippen LogP contribution is 2.10. The van der Waals surface area contributed by atoms with Crippen LogP contribution in [0.5, 0.6) is 5.88 Å². The van der Waals surface area contributed by atoms with Crippen molar-refractivity contribution in [3.8, 4) is 5.88 Å². The van der Waals surface area contributed by atoms with Crippen LogP contribution in [0.3, 0.4) is 0 Å². The Morgan fingerprint density at radius 2 is 2.38 bits per heavy atom. The SMILES string of the molecule is CCOc1ccnc(NC(C)CCCCl)n1. The summed E-state index contributed by atoms with van der Waals surface area (Å²) in [6.45, 7) is 4.62. The second kappa shape index (κ2) is 7.28. The summed E-state index contributed by atoms with van der Waals surface area (Å²) in [4.78, 5) is 8.37. The van der Waals surface area contributed by atoms with Crippen molar-refractivity contribution < 1.29 is 4.74 Å². The molecule has 0 fully saturated rings. The van der Waals surface area contributed by atoms with Gasteiger partial charge in [0.2, 0.25) is 11.8 Å². The molecule has 0 saturated carbocycles. The van der Waals surface area contributed by atoms with Crippen LogP contribution in [-0.4, -0.2) is 28.5 Å². The van der Waals surface area contributed by atoms with Gasteiger partial charge in [-0.05, 0) is 26.7 Å². The van der Waals surface area contributed by atoms with Crippen LogP contribution in [0.15, 0.2) is 12.3 Å². The number of alkyl halides is 1. The largest absolute Gasteiger partial charge is 0.478 e. The summed E-state index contributed by atoms with van der Waals surface area (Å²) >= 11 is 5.64. The lowest BCUT2D eigenvalue weighted by atomic mass is 10.2. The molecule has 4 nitrogen and oxygen atoms in total. The van der Waals surface area contributed by atoms with Gasteiger partial charge in [0, 0.05) is 24.2 Å². The molecule has 0 aromatic carbocycles. The summed E-state index contributed by atoms with van der Waals surface area (Å²) in [5.74, 6) is 1.89. The first kappa shape index (κ1) is 13.0. The van der Waals surface area contributed by atoms with E-state index >= 15 is 0 Å². The van der Waals surface area contributed by atoms with Crippen molar-refractivity contribution in [1.29, 1.82) is 0 Å². The van der Waals surface area contributed by atoms with Crippen molar-refractivity contribution in [3.05, 3.63) is 12.3 Å². The Labute approximate surface area is 101 Å². The molecule has 0 saturated heterocycles. The van der Waals surface area contributed by atoms with Gasteiger partial charge in [-0.15, -0.1) is 11.6 Å². The molecule has 1 aromatic rings. The van der Waals surface area contributed by atoms with Crippen molar-refractivity contribution in [2.24, 2.45) is 0 Å². The highest BCUT2D eigenvalue weighted by Gasteiger charge is 2.04. The summed E-state index contributed by atoms with van der Waals surface area (Å²) in [5.41, 5.74) is 0. The van der Waals surface area contributed by atoms with Crippen molar-refractivity contribution in [3.63, 3.8) is 0 Å². The number of ether oxygens (including phenoxy) is 1. The van der Waals surface area contributed by atoms with Gasteiger partial charge in [0.25, 0.3) is 0 Å². The summed E-state index contributed by atoms with van der Waals surface area (Å²) in [7, 11) is 0. The minimum atomic E-state index is 0.315. The van der Waals surface area contributed by atoms with Gasteiger partial charge in [-0.3, -0.25) is 0 Å². The van der Waals surface area contributed by atoms with E-state index in [1.807, 2.05) is 6.92 Å². The third-order valence-electron chi connectivity index (χ3n) is 2.07. The van der Waals surface area contributed by atoms with Crippen LogP contribution in [0.4, 0.5) is 5.95 Å². The van der Waals surface area contributed by atoms with E-state index in [4.69, 9.17) is 16.3 Å². The number of hydrogen-bond donors (Lipinski definition) is 1. The van der Waals surface area contributed by atoms with Gasteiger partial charge in [-0.25, -0.2) is 4.98 Å². The predicted octanol–water partition coefficient (Wildman–Crippen LogP) is 2.69. The quantitative estimate of drug-likeness (QED) is 0.748. The Morgan fingerprint density at radius 1 is 1.56 bits per heavy atom. The van der Waals surface area contributed by atoms with E-state index in [0.717, 1.165) is 12.8 Å². The Kier molecular flexibility index (Phi) is 5.93. The van der Waals surface area contributed by atoms with Crippen molar-refractivity contribution in [1.82, 2.24) is 9.97 Å². The van der Waals surface area contributed by atoms with Crippen LogP contribution in [0, 0.1) is 0 Å². The lowest BCUT2D eigenvalue weighted by molar-refractivity contribution is 0.326. The molecule has 1 aromatic heterocycles. The van der Waals surface area contributed by atoms with Crippen molar-refractivity contribution in [2.45, 2.75) is 32.7 Å². The third kappa shape index (κ3) is 4.66. The van der Waals surface area contributed by atoms with Crippen molar-refractivity contribution >= 4 is 17.5 Å². The van der Waals surface area contributed by atoms with E-state index in [1.165, 1.54) is 0 Å². The van der Waals surface area contributed by atoms with E-state index in [1.54, 1.807) is 12.3 Å². The number of aromatic nitrogens is 2. The van der Waals surface area contributed by atoms with Crippen molar-refractivity contribution in [2.75, 3.05) is 17.8 Å². The summed E-state index contributed by atoms with van der Waals surface area (Å²) < 4.78 is 5.30. The number of nitrogens with one attached hydrogen (secondary N) is 1. The third-order valence-corrected chi connectivity index (χ3v) is 2.34. The van der Waals surface area contributed by atoms with Gasteiger partial charge >= 0.3 is 0 Å². The number of hydrogen-bond acceptors (Lipinski definition) is 4. The second-order valence-electron chi connectivity index (χ2n) is 3.53. The zero-order valence-electron chi connectivity index (χ0n) is 9.74. The molecule has 5 heteroatoms. The van der Waals surface area contributed by atoms with Crippen LogP contribution in [0.1, 0.15) is 26.7 Å². The van der Waals surface area contributed by atoms with E-state index in [9.17, 15) is 0 Å². The maximum atomic E-state index is 5.64. The first-order valence-electron chi connectivity index (χ1n) is 5.54. The number of halogens is 1. The topological polar surface area (TPSA) is 47.0 Å². The Morgan fingerprint density at radius 3 is 3.06 bits per heavy atom. The lowest BCUT2D eigenvalue weighted by Gasteiger charge is -2.13. The fourth-order valence-corrected chi connectivity index (χ4v) is 1.47. The Hall–Kier alpha value is -1.03. The van der Waals surface area contributed by atoms with Gasteiger partial charge in [-0.2, -0.15) is 4.98 Å². The molecule has 16 heavy (non-hydrogen) atoms. The van der Waals surface area contributed by atoms with Crippen LogP contribution in [0.25, 0.3) is 0 Å². The molecule has 0 spiro atoms. The maximum Gasteiger partial charge on any atom is 0.226 e. The molecule has 0 amide bonds. The molecular formula is C11H18ClN3O. The Bertz CT molecular complexity index is 309.